The SMILES string of the molecule is CNC(=O)c1ccc(N2CCN(Cc3ccc4c(=O)[nH]c(=O)[nH]c4c3)CC2)cn1.O=CO. The van der Waals surface area contributed by atoms with Crippen molar-refractivity contribution >= 4 is 29.0 Å². The molecule has 2 aromatic heterocycles. The first-order valence-corrected chi connectivity index (χ1v) is 9.93. The number of carboxylic acid groups (broad SMARTS) is 1. The molecule has 4 rings (SSSR count). The maximum atomic E-state index is 11.8. The van der Waals surface area contributed by atoms with Crippen LogP contribution in [-0.4, -0.2) is 70.6 Å². The second-order valence-electron chi connectivity index (χ2n) is 7.14. The molecule has 1 aromatic carbocycles. The number of nitrogens with zero attached hydrogens (tertiary/aromatic N) is 3. The van der Waals surface area contributed by atoms with E-state index in [1.54, 1.807) is 25.4 Å². The average molecular weight is 440 g/mol. The maximum absolute atomic E-state index is 11.8. The minimum absolute atomic E-state index is 0.194. The standard InChI is InChI=1S/C20H22N6O3.CH2O2/c1-21-19(28)16-5-3-14(11-22-16)26-8-6-25(7-9-26)12-13-2-4-15-17(10-13)23-20(29)24-18(15)27;2-1-3/h2-5,10-11H,6-9,12H2,1H3,(H,21,28)(H2,23,24,27,29);1H,(H,2,3). The topological polar surface area (TPSA) is 151 Å². The van der Waals surface area contributed by atoms with Crippen molar-refractivity contribution in [1.29, 1.82) is 0 Å². The number of aromatic nitrogens is 3. The Morgan fingerprint density at radius 3 is 2.50 bits per heavy atom. The highest BCUT2D eigenvalue weighted by Crippen LogP contribution is 2.18. The molecule has 0 saturated carbocycles. The van der Waals surface area contributed by atoms with Crippen LogP contribution < -0.4 is 21.5 Å². The van der Waals surface area contributed by atoms with E-state index in [2.05, 4.69) is 30.1 Å². The molecule has 0 unspecified atom stereocenters. The van der Waals surface area contributed by atoms with E-state index in [1.165, 1.54) is 0 Å². The van der Waals surface area contributed by atoms with Crippen molar-refractivity contribution in [2.24, 2.45) is 0 Å². The van der Waals surface area contributed by atoms with Crippen LogP contribution in [0.15, 0.2) is 46.1 Å². The number of H-pyrrole nitrogens is 2. The second kappa shape index (κ2) is 10.4. The molecule has 0 aliphatic carbocycles. The zero-order chi connectivity index (χ0) is 23.1. The van der Waals surface area contributed by atoms with Gasteiger partial charge in [0, 0.05) is 39.8 Å². The van der Waals surface area contributed by atoms with Crippen LogP contribution >= 0.6 is 0 Å². The molecule has 11 nitrogen and oxygen atoms in total. The van der Waals surface area contributed by atoms with Gasteiger partial charge >= 0.3 is 5.69 Å². The lowest BCUT2D eigenvalue weighted by Gasteiger charge is -2.36. The van der Waals surface area contributed by atoms with E-state index in [4.69, 9.17) is 9.90 Å². The van der Waals surface area contributed by atoms with Gasteiger partial charge in [0.15, 0.2) is 0 Å². The van der Waals surface area contributed by atoms with E-state index >= 15 is 0 Å². The monoisotopic (exact) mass is 440 g/mol. The van der Waals surface area contributed by atoms with E-state index in [-0.39, 0.29) is 17.9 Å². The summed E-state index contributed by atoms with van der Waals surface area (Å²) in [6.07, 6.45) is 1.73. The molecule has 32 heavy (non-hydrogen) atoms. The molecule has 168 valence electrons. The van der Waals surface area contributed by atoms with E-state index < -0.39 is 5.69 Å². The zero-order valence-electron chi connectivity index (χ0n) is 17.5. The summed E-state index contributed by atoms with van der Waals surface area (Å²) >= 11 is 0. The van der Waals surface area contributed by atoms with Crippen LogP contribution in [0, 0.1) is 0 Å². The number of rotatable bonds is 4. The van der Waals surface area contributed by atoms with Crippen molar-refractivity contribution in [1.82, 2.24) is 25.2 Å². The molecule has 1 aliphatic heterocycles. The largest absolute Gasteiger partial charge is 0.483 e. The highest BCUT2D eigenvalue weighted by Gasteiger charge is 2.18. The summed E-state index contributed by atoms with van der Waals surface area (Å²) in [6, 6.07) is 9.18. The van der Waals surface area contributed by atoms with Crippen molar-refractivity contribution in [3.05, 3.63) is 68.6 Å². The molecule has 11 heteroatoms. The Balaban J connectivity index is 0.000000913. The van der Waals surface area contributed by atoms with Crippen molar-refractivity contribution in [3.63, 3.8) is 0 Å². The number of carbonyl (C=O) groups is 2. The Morgan fingerprint density at radius 1 is 1.16 bits per heavy atom. The summed E-state index contributed by atoms with van der Waals surface area (Å²) < 4.78 is 0. The van der Waals surface area contributed by atoms with Crippen LogP contribution in [0.25, 0.3) is 10.9 Å². The average Bonchev–Trinajstić information content (AvgIpc) is 2.79. The minimum atomic E-state index is -0.496. The normalized spacial score (nSPS) is 13.8. The molecular formula is C21H24N6O5. The molecule has 0 radical (unpaired) electrons. The molecule has 4 N–H and O–H groups in total. The van der Waals surface area contributed by atoms with Gasteiger partial charge in [-0.15, -0.1) is 0 Å². The van der Waals surface area contributed by atoms with Gasteiger partial charge < -0.3 is 20.3 Å². The van der Waals surface area contributed by atoms with Gasteiger partial charge in [0.2, 0.25) is 0 Å². The molecule has 0 spiro atoms. The number of piperazine rings is 1. The van der Waals surface area contributed by atoms with Gasteiger partial charge in [-0.3, -0.25) is 24.3 Å². The fourth-order valence-electron chi connectivity index (χ4n) is 3.57. The summed E-state index contributed by atoms with van der Waals surface area (Å²) in [6.45, 7) is 3.95. The third-order valence-electron chi connectivity index (χ3n) is 5.16. The molecule has 3 aromatic rings. The smallest absolute Gasteiger partial charge is 0.326 e. The first-order chi connectivity index (χ1) is 15.4. The van der Waals surface area contributed by atoms with Crippen LogP contribution in [0.4, 0.5) is 5.69 Å². The lowest BCUT2D eigenvalue weighted by molar-refractivity contribution is -0.122. The van der Waals surface area contributed by atoms with Crippen molar-refractivity contribution in [2.75, 3.05) is 38.1 Å². The Kier molecular flexibility index (Phi) is 7.34. The van der Waals surface area contributed by atoms with E-state index in [9.17, 15) is 14.4 Å². The lowest BCUT2D eigenvalue weighted by atomic mass is 10.1. The molecule has 1 aliphatic rings. The summed E-state index contributed by atoms with van der Waals surface area (Å²) in [5.41, 5.74) is 2.13. The number of fused-ring (bicyclic) bond motifs is 1. The quantitative estimate of drug-likeness (QED) is 0.414. The number of anilines is 1. The molecule has 0 bridgehead atoms. The van der Waals surface area contributed by atoms with Crippen molar-refractivity contribution in [3.8, 4) is 0 Å². The Hall–Kier alpha value is -3.99. The van der Waals surface area contributed by atoms with Crippen molar-refractivity contribution < 1.29 is 14.7 Å². The van der Waals surface area contributed by atoms with Gasteiger partial charge in [0.05, 0.1) is 22.8 Å². The Morgan fingerprint density at radius 2 is 1.88 bits per heavy atom. The number of nitrogens with one attached hydrogen (secondary N) is 3. The van der Waals surface area contributed by atoms with Gasteiger partial charge in [0.25, 0.3) is 17.9 Å². The molecule has 1 saturated heterocycles. The van der Waals surface area contributed by atoms with E-state index in [1.807, 2.05) is 18.2 Å². The van der Waals surface area contributed by atoms with E-state index in [0.717, 1.165) is 44.0 Å². The predicted molar refractivity (Wildman–Crippen MR) is 119 cm³/mol. The summed E-state index contributed by atoms with van der Waals surface area (Å²) in [5, 5.41) is 9.93. The highest BCUT2D eigenvalue weighted by molar-refractivity contribution is 5.92. The van der Waals surface area contributed by atoms with Crippen LogP contribution in [0.1, 0.15) is 16.1 Å². The number of amides is 1. The fraction of sp³-hybridized carbons (Fsp3) is 0.286. The van der Waals surface area contributed by atoms with Gasteiger partial charge in [0.1, 0.15) is 5.69 Å². The Bertz CT molecular complexity index is 1200. The number of benzene rings is 1. The molecule has 3 heterocycles. The Labute approximate surface area is 182 Å². The fourth-order valence-corrected chi connectivity index (χ4v) is 3.57. The third kappa shape index (κ3) is 5.38. The highest BCUT2D eigenvalue weighted by atomic mass is 16.3. The summed E-state index contributed by atoms with van der Waals surface area (Å²) in [7, 11) is 1.59. The number of pyridine rings is 1. The minimum Gasteiger partial charge on any atom is -0.483 e. The van der Waals surface area contributed by atoms with Crippen molar-refractivity contribution in [2.45, 2.75) is 6.54 Å². The molecule has 1 fully saturated rings. The van der Waals surface area contributed by atoms with Gasteiger partial charge in [-0.2, -0.15) is 0 Å². The van der Waals surface area contributed by atoms with Crippen LogP contribution in [0.2, 0.25) is 0 Å². The predicted octanol–water partition coefficient (Wildman–Crippen LogP) is -0.00600. The third-order valence-corrected chi connectivity index (χ3v) is 5.16. The first kappa shape index (κ1) is 22.7. The lowest BCUT2D eigenvalue weighted by Crippen LogP contribution is -2.46. The molecule has 1 amide bonds. The second-order valence-corrected chi connectivity index (χ2v) is 7.14. The number of hydrogen-bond donors (Lipinski definition) is 4. The van der Waals surface area contributed by atoms with Crippen LogP contribution in [0.3, 0.4) is 0 Å². The maximum Gasteiger partial charge on any atom is 0.326 e. The van der Waals surface area contributed by atoms with Crippen LogP contribution in [-0.2, 0) is 11.3 Å². The van der Waals surface area contributed by atoms with Gasteiger partial charge in [-0.1, -0.05) is 6.07 Å². The zero-order valence-corrected chi connectivity index (χ0v) is 17.5. The van der Waals surface area contributed by atoms with Gasteiger partial charge in [-0.05, 0) is 29.8 Å². The molecular weight excluding hydrogens is 416 g/mol. The number of aromatic amines is 2. The van der Waals surface area contributed by atoms with Gasteiger partial charge in [-0.25, -0.2) is 9.78 Å². The molecule has 0 atom stereocenters. The summed E-state index contributed by atoms with van der Waals surface area (Å²) in [5.74, 6) is -0.194. The van der Waals surface area contributed by atoms with E-state index in [0.29, 0.717) is 16.6 Å². The van der Waals surface area contributed by atoms with Crippen LogP contribution in [0.5, 0.6) is 0 Å². The number of carbonyl (C=O) groups excluding carboxylic acids is 1. The number of hydrogen-bond acceptors (Lipinski definition) is 7. The summed E-state index contributed by atoms with van der Waals surface area (Å²) in [4.78, 5) is 57.0. The first-order valence-electron chi connectivity index (χ1n) is 9.93.